The van der Waals surface area contributed by atoms with Crippen LogP contribution in [0.5, 0.6) is 0 Å². The van der Waals surface area contributed by atoms with Gasteiger partial charge in [-0.1, -0.05) is 65.1 Å². The van der Waals surface area contributed by atoms with Gasteiger partial charge in [-0.25, -0.2) is 0 Å². The van der Waals surface area contributed by atoms with Crippen molar-refractivity contribution in [3.05, 3.63) is 59.1 Å². The fraction of sp³-hybridized carbons (Fsp3) is 0.0769. The summed E-state index contributed by atoms with van der Waals surface area (Å²) in [7, 11) is 0. The van der Waals surface area contributed by atoms with E-state index in [2.05, 4.69) is 0 Å². The molecule has 1 atom stereocenters. The van der Waals surface area contributed by atoms with Crippen LogP contribution >= 0.6 is 11.6 Å². The molecular formula is C13H10ClO2S-. The summed E-state index contributed by atoms with van der Waals surface area (Å²) in [6.45, 7) is 0. The largest absolute Gasteiger partial charge is 0.772 e. The Morgan fingerprint density at radius 2 is 1.82 bits per heavy atom. The first kappa shape index (κ1) is 12.3. The maximum Gasteiger partial charge on any atom is 0.0487 e. The summed E-state index contributed by atoms with van der Waals surface area (Å²) in [5, 5.41) is 0.569. The molecule has 17 heavy (non-hydrogen) atoms. The van der Waals surface area contributed by atoms with Crippen molar-refractivity contribution in [3.63, 3.8) is 0 Å². The van der Waals surface area contributed by atoms with Gasteiger partial charge in [-0.15, -0.1) is 0 Å². The molecule has 0 N–H and O–H groups in total. The Bertz CT molecular complexity index is 540. The first-order valence-electron chi connectivity index (χ1n) is 5.06. The fourth-order valence-corrected chi connectivity index (χ4v) is 2.40. The number of rotatable bonds is 3. The Hall–Kier alpha value is -1.16. The van der Waals surface area contributed by atoms with Crippen molar-refractivity contribution >= 4 is 22.7 Å². The van der Waals surface area contributed by atoms with Gasteiger partial charge in [-0.05, 0) is 17.2 Å². The second kappa shape index (κ2) is 5.45. The van der Waals surface area contributed by atoms with E-state index in [1.54, 1.807) is 12.1 Å². The molecule has 0 fully saturated rings. The SMILES string of the molecule is O=S([O-])Cc1ccc(-c2ccccc2)c(Cl)c1. The van der Waals surface area contributed by atoms with Gasteiger partial charge in [0.15, 0.2) is 0 Å². The third-order valence-corrected chi connectivity index (χ3v) is 3.28. The van der Waals surface area contributed by atoms with Crippen LogP contribution in [0.4, 0.5) is 0 Å². The number of hydrogen-bond acceptors (Lipinski definition) is 2. The molecule has 1 unspecified atom stereocenters. The van der Waals surface area contributed by atoms with E-state index in [0.717, 1.165) is 11.1 Å². The Balaban J connectivity index is 2.35. The molecule has 0 spiro atoms. The van der Waals surface area contributed by atoms with E-state index in [0.29, 0.717) is 10.6 Å². The van der Waals surface area contributed by atoms with Gasteiger partial charge >= 0.3 is 0 Å². The van der Waals surface area contributed by atoms with Gasteiger partial charge in [0, 0.05) is 16.3 Å². The first-order valence-corrected chi connectivity index (χ1v) is 6.69. The molecule has 2 aromatic rings. The fourth-order valence-electron chi connectivity index (χ4n) is 1.64. The monoisotopic (exact) mass is 265 g/mol. The summed E-state index contributed by atoms with van der Waals surface area (Å²) in [5.74, 6) is -0.00517. The molecule has 4 heteroatoms. The number of benzene rings is 2. The van der Waals surface area contributed by atoms with Crippen molar-refractivity contribution in [1.82, 2.24) is 0 Å². The van der Waals surface area contributed by atoms with E-state index in [9.17, 15) is 8.76 Å². The molecule has 2 rings (SSSR count). The normalized spacial score (nSPS) is 12.4. The van der Waals surface area contributed by atoms with E-state index in [1.807, 2.05) is 36.4 Å². The molecule has 0 bridgehead atoms. The smallest absolute Gasteiger partial charge is 0.0487 e. The highest BCUT2D eigenvalue weighted by Gasteiger charge is 2.04. The quantitative estimate of drug-likeness (QED) is 0.798. The molecule has 0 aliphatic carbocycles. The highest BCUT2D eigenvalue weighted by atomic mass is 35.5. The molecule has 0 saturated carbocycles. The van der Waals surface area contributed by atoms with Gasteiger partial charge in [-0.3, -0.25) is 4.21 Å². The average Bonchev–Trinajstić information content (AvgIpc) is 2.29. The van der Waals surface area contributed by atoms with Crippen molar-refractivity contribution in [2.45, 2.75) is 5.75 Å². The zero-order valence-electron chi connectivity index (χ0n) is 8.93. The minimum atomic E-state index is -2.08. The van der Waals surface area contributed by atoms with E-state index in [1.165, 1.54) is 0 Å². The Morgan fingerprint density at radius 1 is 1.12 bits per heavy atom. The molecule has 88 valence electrons. The van der Waals surface area contributed by atoms with Crippen molar-refractivity contribution in [2.24, 2.45) is 0 Å². The summed E-state index contributed by atoms with van der Waals surface area (Å²) in [6.07, 6.45) is 0. The van der Waals surface area contributed by atoms with Gasteiger partial charge in [0.25, 0.3) is 0 Å². The topological polar surface area (TPSA) is 40.1 Å². The summed E-state index contributed by atoms with van der Waals surface area (Å²) in [4.78, 5) is 0. The lowest BCUT2D eigenvalue weighted by Crippen LogP contribution is -1.93. The summed E-state index contributed by atoms with van der Waals surface area (Å²) >= 11 is 4.06. The van der Waals surface area contributed by atoms with E-state index in [4.69, 9.17) is 11.6 Å². The number of hydrogen-bond donors (Lipinski definition) is 0. The van der Waals surface area contributed by atoms with Crippen LogP contribution in [0, 0.1) is 0 Å². The Kier molecular flexibility index (Phi) is 3.94. The van der Waals surface area contributed by atoms with Gasteiger partial charge in [0.1, 0.15) is 0 Å². The second-order valence-corrected chi connectivity index (χ2v) is 4.93. The van der Waals surface area contributed by atoms with Crippen LogP contribution in [0.15, 0.2) is 48.5 Å². The predicted molar refractivity (Wildman–Crippen MR) is 69.5 cm³/mol. The lowest BCUT2D eigenvalue weighted by atomic mass is 10.0. The third-order valence-electron chi connectivity index (χ3n) is 2.40. The molecule has 0 saturated heterocycles. The Labute approximate surface area is 108 Å². The van der Waals surface area contributed by atoms with Crippen LogP contribution in [0.2, 0.25) is 5.02 Å². The molecule has 0 amide bonds. The predicted octanol–water partition coefficient (Wildman–Crippen LogP) is 3.39. The lowest BCUT2D eigenvalue weighted by molar-refractivity contribution is 0.536. The lowest BCUT2D eigenvalue weighted by Gasteiger charge is -2.09. The zero-order valence-corrected chi connectivity index (χ0v) is 10.5. The van der Waals surface area contributed by atoms with Crippen LogP contribution in [0.1, 0.15) is 5.56 Å². The van der Waals surface area contributed by atoms with E-state index in [-0.39, 0.29) is 5.75 Å². The van der Waals surface area contributed by atoms with Crippen LogP contribution in [0.3, 0.4) is 0 Å². The van der Waals surface area contributed by atoms with E-state index < -0.39 is 11.1 Å². The van der Waals surface area contributed by atoms with Crippen molar-refractivity contribution in [3.8, 4) is 11.1 Å². The van der Waals surface area contributed by atoms with Crippen LogP contribution in [-0.2, 0) is 16.8 Å². The minimum Gasteiger partial charge on any atom is -0.772 e. The third kappa shape index (κ3) is 3.16. The van der Waals surface area contributed by atoms with Crippen LogP contribution in [0.25, 0.3) is 11.1 Å². The standard InChI is InChI=1S/C13H11ClO2S/c14-13-8-10(9-17(15)16)6-7-12(13)11-4-2-1-3-5-11/h1-8H,9H2,(H,15,16)/p-1. The molecule has 2 aromatic carbocycles. The van der Waals surface area contributed by atoms with Crippen molar-refractivity contribution in [1.29, 1.82) is 0 Å². The van der Waals surface area contributed by atoms with Crippen LogP contribution in [-0.4, -0.2) is 8.76 Å². The minimum absolute atomic E-state index is 0.00517. The second-order valence-electron chi connectivity index (χ2n) is 3.63. The summed E-state index contributed by atoms with van der Waals surface area (Å²) in [6, 6.07) is 15.1. The van der Waals surface area contributed by atoms with E-state index >= 15 is 0 Å². The molecular weight excluding hydrogens is 256 g/mol. The van der Waals surface area contributed by atoms with Crippen molar-refractivity contribution < 1.29 is 8.76 Å². The highest BCUT2D eigenvalue weighted by Crippen LogP contribution is 2.28. The number of halogens is 1. The zero-order chi connectivity index (χ0) is 12.3. The average molecular weight is 266 g/mol. The van der Waals surface area contributed by atoms with Crippen molar-refractivity contribution in [2.75, 3.05) is 0 Å². The molecule has 0 aromatic heterocycles. The van der Waals surface area contributed by atoms with Gasteiger partial charge in [0.2, 0.25) is 0 Å². The molecule has 0 aliphatic heterocycles. The maximum atomic E-state index is 10.6. The van der Waals surface area contributed by atoms with Gasteiger partial charge in [-0.2, -0.15) is 0 Å². The highest BCUT2D eigenvalue weighted by molar-refractivity contribution is 7.78. The molecule has 0 radical (unpaired) electrons. The Morgan fingerprint density at radius 3 is 2.41 bits per heavy atom. The van der Waals surface area contributed by atoms with Gasteiger partial charge < -0.3 is 4.55 Å². The summed E-state index contributed by atoms with van der Waals surface area (Å²) in [5.41, 5.74) is 2.63. The molecule has 0 aliphatic rings. The molecule has 0 heterocycles. The maximum absolute atomic E-state index is 10.6. The van der Waals surface area contributed by atoms with Crippen LogP contribution < -0.4 is 0 Å². The van der Waals surface area contributed by atoms with Gasteiger partial charge in [0.05, 0.1) is 0 Å². The molecule has 2 nitrogen and oxygen atoms in total. The first-order chi connectivity index (χ1) is 8.16. The summed E-state index contributed by atoms with van der Waals surface area (Å²) < 4.78 is 21.2.